The number of fused-ring (bicyclic) bond motifs is 1. The maximum Gasteiger partial charge on any atom is 0.341 e. The van der Waals surface area contributed by atoms with Gasteiger partial charge in [-0.05, 0) is 19.1 Å². The number of pyridine rings is 1. The van der Waals surface area contributed by atoms with Crippen LogP contribution in [0.1, 0.15) is 16.1 Å². The van der Waals surface area contributed by atoms with Gasteiger partial charge in [0.1, 0.15) is 11.3 Å². The number of hydrogen-bond acceptors (Lipinski definition) is 3. The maximum absolute atomic E-state index is 12.0. The van der Waals surface area contributed by atoms with Gasteiger partial charge in [-0.1, -0.05) is 6.07 Å². The number of benzene rings is 1. The minimum atomic E-state index is -1.23. The van der Waals surface area contributed by atoms with Gasteiger partial charge in [0.05, 0.1) is 18.0 Å². The van der Waals surface area contributed by atoms with E-state index in [4.69, 9.17) is 9.84 Å². The van der Waals surface area contributed by atoms with E-state index in [9.17, 15) is 9.59 Å². The minimum Gasteiger partial charge on any atom is -0.495 e. The van der Waals surface area contributed by atoms with Gasteiger partial charge >= 0.3 is 5.97 Å². The molecule has 2 N–H and O–H groups in total. The number of aromatic amines is 1. The Hall–Kier alpha value is -2.30. The highest BCUT2D eigenvalue weighted by molar-refractivity contribution is 5.95. The van der Waals surface area contributed by atoms with E-state index in [1.807, 2.05) is 0 Å². The van der Waals surface area contributed by atoms with Gasteiger partial charge in [0, 0.05) is 5.69 Å². The van der Waals surface area contributed by atoms with E-state index in [2.05, 4.69) is 4.98 Å². The zero-order chi connectivity index (χ0) is 12.6. The molecule has 0 aliphatic rings. The predicted octanol–water partition coefficient (Wildman–Crippen LogP) is 1.54. The van der Waals surface area contributed by atoms with Crippen LogP contribution in [0.15, 0.2) is 23.0 Å². The average molecular weight is 233 g/mol. The zero-order valence-electron chi connectivity index (χ0n) is 9.40. The van der Waals surface area contributed by atoms with Crippen molar-refractivity contribution in [3.05, 3.63) is 39.7 Å². The Kier molecular flexibility index (Phi) is 2.59. The maximum atomic E-state index is 12.0. The Balaban J connectivity index is 2.96. The van der Waals surface area contributed by atoms with Crippen molar-refractivity contribution in [1.82, 2.24) is 4.98 Å². The van der Waals surface area contributed by atoms with Crippen LogP contribution in [0.2, 0.25) is 0 Å². The number of carbonyl (C=O) groups is 1. The summed E-state index contributed by atoms with van der Waals surface area (Å²) < 4.78 is 5.12. The molecule has 0 aliphatic heterocycles. The van der Waals surface area contributed by atoms with Crippen LogP contribution in [0, 0.1) is 6.92 Å². The molecule has 17 heavy (non-hydrogen) atoms. The lowest BCUT2D eigenvalue weighted by atomic mass is 10.1. The summed E-state index contributed by atoms with van der Waals surface area (Å²) in [6, 6.07) is 4.93. The first-order chi connectivity index (χ1) is 8.06. The van der Waals surface area contributed by atoms with Crippen LogP contribution >= 0.6 is 0 Å². The second-order valence-electron chi connectivity index (χ2n) is 3.64. The fourth-order valence-electron chi connectivity index (χ4n) is 1.83. The van der Waals surface area contributed by atoms with E-state index in [0.29, 0.717) is 22.3 Å². The third-order valence-electron chi connectivity index (χ3n) is 2.62. The molecule has 0 amide bonds. The zero-order valence-corrected chi connectivity index (χ0v) is 9.40. The van der Waals surface area contributed by atoms with Gasteiger partial charge < -0.3 is 14.8 Å². The largest absolute Gasteiger partial charge is 0.495 e. The Labute approximate surface area is 96.7 Å². The van der Waals surface area contributed by atoms with Crippen LogP contribution in [-0.2, 0) is 0 Å². The van der Waals surface area contributed by atoms with Crippen LogP contribution in [0.25, 0.3) is 10.9 Å². The average Bonchev–Trinajstić information content (AvgIpc) is 2.28. The fourth-order valence-corrected chi connectivity index (χ4v) is 1.83. The molecule has 1 heterocycles. The molecule has 5 heteroatoms. The number of nitrogens with one attached hydrogen (secondary N) is 1. The smallest absolute Gasteiger partial charge is 0.341 e. The molecule has 0 aliphatic carbocycles. The molecule has 1 aromatic heterocycles. The van der Waals surface area contributed by atoms with E-state index < -0.39 is 11.4 Å². The van der Waals surface area contributed by atoms with Crippen molar-refractivity contribution in [2.24, 2.45) is 0 Å². The fraction of sp³-hybridized carbons (Fsp3) is 0.167. The number of ether oxygens (including phenoxy) is 1. The lowest BCUT2D eigenvalue weighted by molar-refractivity contribution is 0.0694. The number of aromatic nitrogens is 1. The van der Waals surface area contributed by atoms with Crippen molar-refractivity contribution >= 4 is 16.9 Å². The summed E-state index contributed by atoms with van der Waals surface area (Å²) in [5, 5.41) is 9.29. The molecule has 2 rings (SSSR count). The lowest BCUT2D eigenvalue weighted by Gasteiger charge is -2.08. The molecule has 0 radical (unpaired) electrons. The quantitative estimate of drug-likeness (QED) is 0.824. The monoisotopic (exact) mass is 233 g/mol. The van der Waals surface area contributed by atoms with Gasteiger partial charge in [-0.3, -0.25) is 4.79 Å². The van der Waals surface area contributed by atoms with Gasteiger partial charge in [-0.15, -0.1) is 0 Å². The van der Waals surface area contributed by atoms with E-state index in [1.165, 1.54) is 7.11 Å². The van der Waals surface area contributed by atoms with Gasteiger partial charge in [0.15, 0.2) is 0 Å². The Bertz CT molecular complexity index is 657. The summed E-state index contributed by atoms with van der Waals surface area (Å²) >= 11 is 0. The Morgan fingerprint density at radius 2 is 2.12 bits per heavy atom. The van der Waals surface area contributed by atoms with E-state index >= 15 is 0 Å². The van der Waals surface area contributed by atoms with Crippen LogP contribution in [0.5, 0.6) is 5.75 Å². The van der Waals surface area contributed by atoms with Crippen LogP contribution in [0.4, 0.5) is 0 Å². The van der Waals surface area contributed by atoms with Crippen LogP contribution < -0.4 is 10.2 Å². The molecule has 1 aromatic carbocycles. The summed E-state index contributed by atoms with van der Waals surface area (Å²) in [5.41, 5.74) is 0.107. The first kappa shape index (κ1) is 11.2. The Morgan fingerprint density at radius 3 is 2.71 bits per heavy atom. The van der Waals surface area contributed by atoms with E-state index in [-0.39, 0.29) is 5.56 Å². The highest BCUT2D eigenvalue weighted by atomic mass is 16.5. The number of methoxy groups -OCH3 is 1. The summed E-state index contributed by atoms with van der Waals surface area (Å²) in [7, 11) is 1.49. The lowest BCUT2D eigenvalue weighted by Crippen LogP contribution is -2.18. The first-order valence-electron chi connectivity index (χ1n) is 4.99. The number of hydrogen-bond donors (Lipinski definition) is 2. The third kappa shape index (κ3) is 1.65. The number of para-hydroxylation sites is 1. The number of carboxylic acid groups (broad SMARTS) is 1. The molecule has 0 atom stereocenters. The normalized spacial score (nSPS) is 10.5. The minimum absolute atomic E-state index is 0.231. The second kappa shape index (κ2) is 3.93. The van der Waals surface area contributed by atoms with Gasteiger partial charge in [-0.2, -0.15) is 0 Å². The third-order valence-corrected chi connectivity index (χ3v) is 2.62. The number of aryl methyl sites for hydroxylation is 1. The highest BCUT2D eigenvalue weighted by Gasteiger charge is 2.16. The van der Waals surface area contributed by atoms with Gasteiger partial charge in [0.25, 0.3) is 0 Å². The number of aromatic carboxylic acids is 1. The number of carboxylic acids is 1. The van der Waals surface area contributed by atoms with Gasteiger partial charge in [0.2, 0.25) is 5.43 Å². The molecule has 0 saturated heterocycles. The molecule has 0 spiro atoms. The molecular weight excluding hydrogens is 222 g/mol. The van der Waals surface area contributed by atoms with Crippen molar-refractivity contribution in [3.8, 4) is 5.75 Å². The molecule has 5 nitrogen and oxygen atoms in total. The van der Waals surface area contributed by atoms with Crippen molar-refractivity contribution in [1.29, 1.82) is 0 Å². The van der Waals surface area contributed by atoms with E-state index in [0.717, 1.165) is 0 Å². The topological polar surface area (TPSA) is 79.4 Å². The van der Waals surface area contributed by atoms with Gasteiger partial charge in [-0.25, -0.2) is 4.79 Å². The summed E-state index contributed by atoms with van der Waals surface area (Å²) in [4.78, 5) is 25.9. The van der Waals surface area contributed by atoms with Crippen molar-refractivity contribution < 1.29 is 14.6 Å². The molecule has 88 valence electrons. The SMILES string of the molecule is COc1cccc2c(=O)c(C(=O)O)c(C)[nH]c12. The summed E-state index contributed by atoms with van der Waals surface area (Å²) in [6.07, 6.45) is 0. The van der Waals surface area contributed by atoms with Crippen molar-refractivity contribution in [2.45, 2.75) is 6.92 Å². The Morgan fingerprint density at radius 1 is 1.41 bits per heavy atom. The van der Waals surface area contributed by atoms with Crippen molar-refractivity contribution in [3.63, 3.8) is 0 Å². The summed E-state index contributed by atoms with van der Waals surface area (Å²) in [6.45, 7) is 1.55. The molecular formula is C12H11NO4. The van der Waals surface area contributed by atoms with Crippen LogP contribution in [0.3, 0.4) is 0 Å². The first-order valence-corrected chi connectivity index (χ1v) is 4.99. The van der Waals surface area contributed by atoms with Crippen LogP contribution in [-0.4, -0.2) is 23.2 Å². The molecule has 0 unspecified atom stereocenters. The molecule has 0 bridgehead atoms. The molecule has 0 saturated carbocycles. The predicted molar refractivity (Wildman–Crippen MR) is 62.8 cm³/mol. The highest BCUT2D eigenvalue weighted by Crippen LogP contribution is 2.22. The van der Waals surface area contributed by atoms with E-state index in [1.54, 1.807) is 25.1 Å². The molecule has 0 fully saturated rings. The van der Waals surface area contributed by atoms with Crippen molar-refractivity contribution in [2.75, 3.05) is 7.11 Å². The standard InChI is InChI=1S/C12H11NO4/c1-6-9(12(15)16)11(14)7-4-3-5-8(17-2)10(7)13-6/h3-5H,1-2H3,(H,13,14)(H,15,16). The second-order valence-corrected chi connectivity index (χ2v) is 3.64. The number of H-pyrrole nitrogens is 1. The summed E-state index contributed by atoms with van der Waals surface area (Å²) in [5.74, 6) is -0.715. The molecule has 2 aromatic rings. The number of rotatable bonds is 2.